The molecule has 1 heterocycles. The number of esters is 1. The van der Waals surface area contributed by atoms with Crippen LogP contribution in [0.15, 0.2) is 52.0 Å². The molecule has 2 rings (SSSR count). The number of benzene rings is 1. The van der Waals surface area contributed by atoms with Crippen LogP contribution in [0.5, 0.6) is 0 Å². The second-order valence-electron chi connectivity index (χ2n) is 5.94. The number of hydrogen-bond donors (Lipinski definition) is 1. The normalized spacial score (nSPS) is 17.3. The van der Waals surface area contributed by atoms with Crippen molar-refractivity contribution >= 4 is 11.7 Å². The number of nitriles is 3. The van der Waals surface area contributed by atoms with Crippen LogP contribution in [0.3, 0.4) is 0 Å². The monoisotopic (exact) mass is 391 g/mol. The van der Waals surface area contributed by atoms with Crippen LogP contribution in [-0.4, -0.2) is 18.3 Å². The zero-order chi connectivity index (χ0) is 21.6. The number of carbonyl (C=O) groups excluding carboxylic acids is 1. The Morgan fingerprint density at radius 3 is 2.45 bits per heavy atom. The number of allylic oxidation sites excluding steroid dienone is 1. The lowest BCUT2D eigenvalue weighted by molar-refractivity contribution is -0.187. The molecule has 1 aromatic carbocycles. The molecule has 0 amide bonds. The number of carbonyl (C=O) groups is 1. The number of hydrogen-bond acceptors (Lipinski definition) is 9. The molecule has 0 radical (unpaired) electrons. The lowest BCUT2D eigenvalue weighted by atomic mass is 9.88. The molecular weight excluding hydrogens is 374 g/mol. The Hall–Kier alpha value is -4.29. The molecule has 1 unspecified atom stereocenters. The quantitative estimate of drug-likeness (QED) is 0.347. The van der Waals surface area contributed by atoms with Crippen LogP contribution in [0.25, 0.3) is 0 Å². The standard InChI is InChI=1S/C20H17N5O4/c1-4-27-19(26)14-7-5-6-8-16(14)20(29-25-12(2)3)17(13(9-21)10-22)15(11-23)18(24)28-20/h5-8H,4,24H2,1-3H3. The van der Waals surface area contributed by atoms with Gasteiger partial charge in [-0.1, -0.05) is 17.3 Å². The SMILES string of the molecule is CCOC(=O)c1ccccc1C1(ON=C(C)C)OC(N)=C(C#N)C1=C(C#N)C#N. The van der Waals surface area contributed by atoms with Crippen LogP contribution in [0.1, 0.15) is 36.7 Å². The Morgan fingerprint density at radius 1 is 1.24 bits per heavy atom. The molecule has 29 heavy (non-hydrogen) atoms. The van der Waals surface area contributed by atoms with Crippen molar-refractivity contribution in [3.63, 3.8) is 0 Å². The molecule has 0 fully saturated rings. The van der Waals surface area contributed by atoms with Crippen molar-refractivity contribution in [1.82, 2.24) is 0 Å². The van der Waals surface area contributed by atoms with E-state index in [0.29, 0.717) is 5.71 Å². The van der Waals surface area contributed by atoms with E-state index in [1.807, 2.05) is 6.07 Å². The van der Waals surface area contributed by atoms with Gasteiger partial charge in [0.25, 0.3) is 0 Å². The topological polar surface area (TPSA) is 155 Å². The molecule has 0 saturated carbocycles. The fourth-order valence-electron chi connectivity index (χ4n) is 2.70. The first kappa shape index (κ1) is 21.0. The summed E-state index contributed by atoms with van der Waals surface area (Å²) in [4.78, 5) is 18.2. The van der Waals surface area contributed by atoms with Gasteiger partial charge in [-0.25, -0.2) is 4.79 Å². The summed E-state index contributed by atoms with van der Waals surface area (Å²) in [6.45, 7) is 5.04. The van der Waals surface area contributed by atoms with Crippen molar-refractivity contribution < 1.29 is 19.1 Å². The van der Waals surface area contributed by atoms with Crippen molar-refractivity contribution in [2.45, 2.75) is 26.6 Å². The summed E-state index contributed by atoms with van der Waals surface area (Å²) in [5.74, 6) is -3.16. The first-order chi connectivity index (χ1) is 13.9. The molecule has 0 aliphatic carbocycles. The number of nitrogens with two attached hydrogens (primary N) is 1. The number of oxime groups is 1. The highest BCUT2D eigenvalue weighted by Crippen LogP contribution is 2.48. The molecule has 0 saturated heterocycles. The smallest absolute Gasteiger partial charge is 0.338 e. The molecule has 1 atom stereocenters. The van der Waals surface area contributed by atoms with Gasteiger partial charge >= 0.3 is 11.8 Å². The maximum atomic E-state index is 12.5. The summed E-state index contributed by atoms with van der Waals surface area (Å²) in [7, 11) is 0. The second-order valence-corrected chi connectivity index (χ2v) is 5.94. The van der Waals surface area contributed by atoms with E-state index in [1.54, 1.807) is 45.0 Å². The minimum Gasteiger partial charge on any atom is -0.462 e. The summed E-state index contributed by atoms with van der Waals surface area (Å²) in [5.41, 5.74) is 5.50. The zero-order valence-electron chi connectivity index (χ0n) is 16.0. The van der Waals surface area contributed by atoms with Crippen LogP contribution in [0.4, 0.5) is 0 Å². The average Bonchev–Trinajstić information content (AvgIpc) is 3.00. The summed E-state index contributed by atoms with van der Waals surface area (Å²) < 4.78 is 10.8. The van der Waals surface area contributed by atoms with E-state index in [2.05, 4.69) is 5.16 Å². The van der Waals surface area contributed by atoms with Crippen molar-refractivity contribution in [1.29, 1.82) is 15.8 Å². The first-order valence-corrected chi connectivity index (χ1v) is 8.46. The van der Waals surface area contributed by atoms with E-state index in [4.69, 9.17) is 20.0 Å². The second kappa shape index (κ2) is 8.60. The third-order valence-electron chi connectivity index (χ3n) is 3.80. The Labute approximate surface area is 167 Å². The van der Waals surface area contributed by atoms with Crippen LogP contribution < -0.4 is 5.73 Å². The van der Waals surface area contributed by atoms with Crippen LogP contribution in [0.2, 0.25) is 0 Å². The van der Waals surface area contributed by atoms with Gasteiger partial charge in [-0.05, 0) is 32.9 Å². The highest BCUT2D eigenvalue weighted by Gasteiger charge is 2.54. The summed E-state index contributed by atoms with van der Waals surface area (Å²) >= 11 is 0. The van der Waals surface area contributed by atoms with Gasteiger partial charge < -0.3 is 20.0 Å². The Morgan fingerprint density at radius 2 is 1.90 bits per heavy atom. The Bertz CT molecular complexity index is 1050. The van der Waals surface area contributed by atoms with E-state index in [9.17, 15) is 20.6 Å². The summed E-state index contributed by atoms with van der Waals surface area (Å²) in [5, 5.41) is 32.4. The minimum atomic E-state index is -2.10. The maximum absolute atomic E-state index is 12.5. The van der Waals surface area contributed by atoms with E-state index in [-0.39, 0.29) is 34.8 Å². The van der Waals surface area contributed by atoms with Crippen LogP contribution in [0, 0.1) is 34.0 Å². The van der Waals surface area contributed by atoms with Crippen LogP contribution >= 0.6 is 0 Å². The van der Waals surface area contributed by atoms with Gasteiger partial charge in [0.1, 0.15) is 29.4 Å². The minimum absolute atomic E-state index is 0.0398. The van der Waals surface area contributed by atoms with Gasteiger partial charge in [-0.2, -0.15) is 15.8 Å². The van der Waals surface area contributed by atoms with Gasteiger partial charge in [0, 0.05) is 0 Å². The zero-order valence-corrected chi connectivity index (χ0v) is 16.0. The average molecular weight is 391 g/mol. The van der Waals surface area contributed by atoms with E-state index in [0.717, 1.165) is 0 Å². The molecule has 1 aromatic rings. The predicted octanol–water partition coefficient (Wildman–Crippen LogP) is 2.50. The fourth-order valence-corrected chi connectivity index (χ4v) is 2.70. The number of ether oxygens (including phenoxy) is 2. The summed E-state index contributed by atoms with van der Waals surface area (Å²) in [6, 6.07) is 11.4. The Kier molecular flexibility index (Phi) is 6.23. The lowest BCUT2D eigenvalue weighted by Gasteiger charge is -2.29. The maximum Gasteiger partial charge on any atom is 0.338 e. The molecule has 1 aliphatic rings. The van der Waals surface area contributed by atoms with Crippen molar-refractivity contribution in [3.05, 3.63) is 58.0 Å². The first-order valence-electron chi connectivity index (χ1n) is 8.46. The largest absolute Gasteiger partial charge is 0.462 e. The molecule has 9 heteroatoms. The highest BCUT2D eigenvalue weighted by molar-refractivity contribution is 5.92. The van der Waals surface area contributed by atoms with Crippen molar-refractivity contribution in [2.24, 2.45) is 10.9 Å². The number of rotatable bonds is 5. The van der Waals surface area contributed by atoms with Gasteiger partial charge in [-0.15, -0.1) is 0 Å². The van der Waals surface area contributed by atoms with Crippen LogP contribution in [-0.2, 0) is 20.1 Å². The van der Waals surface area contributed by atoms with Crippen molar-refractivity contribution in [3.8, 4) is 18.2 Å². The molecule has 0 spiro atoms. The van der Waals surface area contributed by atoms with Gasteiger partial charge in [0.15, 0.2) is 0 Å². The van der Waals surface area contributed by atoms with Gasteiger partial charge in [0.05, 0.1) is 29.0 Å². The molecule has 0 bridgehead atoms. The number of nitrogens with zero attached hydrogens (tertiary/aromatic N) is 4. The van der Waals surface area contributed by atoms with E-state index < -0.39 is 17.3 Å². The predicted molar refractivity (Wildman–Crippen MR) is 100 cm³/mol. The third kappa shape index (κ3) is 3.73. The fraction of sp³-hybridized carbons (Fsp3) is 0.250. The molecule has 146 valence electrons. The van der Waals surface area contributed by atoms with Gasteiger partial charge in [-0.3, -0.25) is 0 Å². The van der Waals surface area contributed by atoms with Crippen molar-refractivity contribution in [2.75, 3.05) is 6.61 Å². The lowest BCUT2D eigenvalue weighted by Crippen LogP contribution is -2.34. The third-order valence-corrected chi connectivity index (χ3v) is 3.80. The Balaban J connectivity index is 2.93. The molecule has 0 aromatic heterocycles. The van der Waals surface area contributed by atoms with E-state index >= 15 is 0 Å². The van der Waals surface area contributed by atoms with Gasteiger partial charge in [0.2, 0.25) is 5.88 Å². The molecule has 2 N–H and O–H groups in total. The molecule has 1 aliphatic heterocycles. The molecule has 9 nitrogen and oxygen atoms in total. The molecular formula is C20H17N5O4. The summed E-state index contributed by atoms with van der Waals surface area (Å²) in [6.07, 6.45) is 0. The highest BCUT2D eigenvalue weighted by atomic mass is 16.8. The van der Waals surface area contributed by atoms with E-state index in [1.165, 1.54) is 12.1 Å².